The summed E-state index contributed by atoms with van der Waals surface area (Å²) in [4.78, 5) is 19.9. The molecule has 1 atom stereocenters. The predicted octanol–water partition coefficient (Wildman–Crippen LogP) is 1.97. The van der Waals surface area contributed by atoms with Gasteiger partial charge in [-0.05, 0) is 37.3 Å². The Balaban J connectivity index is 2.90. The van der Waals surface area contributed by atoms with Crippen LogP contribution in [-0.4, -0.2) is 10.7 Å². The highest BCUT2D eigenvalue weighted by molar-refractivity contribution is 7.32. The van der Waals surface area contributed by atoms with E-state index in [0.29, 0.717) is 0 Å². The van der Waals surface area contributed by atoms with Gasteiger partial charge in [0, 0.05) is 0 Å². The zero-order chi connectivity index (χ0) is 10.6. The molecule has 0 bridgehead atoms. The second-order valence-corrected chi connectivity index (χ2v) is 3.81. The van der Waals surface area contributed by atoms with Gasteiger partial charge in [-0.2, -0.15) is 0 Å². The minimum absolute atomic E-state index is 0.0314. The minimum atomic E-state index is -3.10. The van der Waals surface area contributed by atoms with Crippen molar-refractivity contribution in [1.29, 1.82) is 0 Å². The standard InChI is InChI=1S/C9H13O4P/c1-2-8(10)9(13-14(11)12)7-5-3-4-6-7/h2,14H,1,3-6H2,(H,11,12). The van der Waals surface area contributed by atoms with E-state index in [9.17, 15) is 9.36 Å². The Labute approximate surface area is 83.2 Å². The van der Waals surface area contributed by atoms with Crippen LogP contribution in [0.15, 0.2) is 24.0 Å². The van der Waals surface area contributed by atoms with E-state index in [2.05, 4.69) is 11.1 Å². The van der Waals surface area contributed by atoms with Crippen LogP contribution in [0, 0.1) is 0 Å². The predicted molar refractivity (Wildman–Crippen MR) is 53.0 cm³/mol. The van der Waals surface area contributed by atoms with Gasteiger partial charge in [0.05, 0.1) is 0 Å². The van der Waals surface area contributed by atoms with Crippen molar-refractivity contribution in [2.75, 3.05) is 0 Å². The fourth-order valence-corrected chi connectivity index (χ4v) is 1.93. The van der Waals surface area contributed by atoms with Crippen molar-refractivity contribution in [2.45, 2.75) is 25.7 Å². The maximum Gasteiger partial charge on any atom is 0.365 e. The molecule has 78 valence electrons. The first-order chi connectivity index (χ1) is 6.65. The van der Waals surface area contributed by atoms with Crippen LogP contribution >= 0.6 is 8.25 Å². The zero-order valence-electron chi connectivity index (χ0n) is 7.78. The molecule has 0 heterocycles. The number of carbonyl (C=O) groups is 1. The highest BCUT2D eigenvalue weighted by Gasteiger charge is 2.19. The molecule has 0 radical (unpaired) electrons. The number of carbonyl (C=O) groups excluding carboxylic acids is 1. The van der Waals surface area contributed by atoms with E-state index in [1.165, 1.54) is 0 Å². The monoisotopic (exact) mass is 216 g/mol. The van der Waals surface area contributed by atoms with Crippen molar-refractivity contribution in [1.82, 2.24) is 0 Å². The van der Waals surface area contributed by atoms with Gasteiger partial charge >= 0.3 is 8.25 Å². The summed E-state index contributed by atoms with van der Waals surface area (Å²) in [7, 11) is -3.10. The van der Waals surface area contributed by atoms with Crippen LogP contribution in [0.4, 0.5) is 0 Å². The summed E-state index contributed by atoms with van der Waals surface area (Å²) in [6, 6.07) is 0. The van der Waals surface area contributed by atoms with Crippen LogP contribution < -0.4 is 0 Å². The Morgan fingerprint density at radius 2 is 2.07 bits per heavy atom. The normalized spacial score (nSPS) is 17.6. The molecule has 0 aromatic carbocycles. The van der Waals surface area contributed by atoms with Gasteiger partial charge in [0.2, 0.25) is 5.78 Å². The van der Waals surface area contributed by atoms with Crippen molar-refractivity contribution < 1.29 is 18.8 Å². The summed E-state index contributed by atoms with van der Waals surface area (Å²) in [6.45, 7) is 3.32. The third-order valence-corrected chi connectivity index (χ3v) is 2.51. The molecule has 1 N–H and O–H groups in total. The van der Waals surface area contributed by atoms with Gasteiger partial charge in [-0.25, -0.2) is 4.57 Å². The summed E-state index contributed by atoms with van der Waals surface area (Å²) < 4.78 is 15.2. The molecule has 1 rings (SSSR count). The molecule has 4 nitrogen and oxygen atoms in total. The Bertz CT molecular complexity index is 298. The summed E-state index contributed by atoms with van der Waals surface area (Å²) >= 11 is 0. The lowest BCUT2D eigenvalue weighted by Crippen LogP contribution is -2.02. The van der Waals surface area contributed by atoms with E-state index in [1.54, 1.807) is 0 Å². The van der Waals surface area contributed by atoms with E-state index in [0.717, 1.165) is 37.3 Å². The lowest BCUT2D eigenvalue weighted by molar-refractivity contribution is -0.113. The molecular weight excluding hydrogens is 203 g/mol. The van der Waals surface area contributed by atoms with E-state index >= 15 is 0 Å². The summed E-state index contributed by atoms with van der Waals surface area (Å²) in [5.74, 6) is -0.377. The van der Waals surface area contributed by atoms with Crippen molar-refractivity contribution in [3.05, 3.63) is 24.0 Å². The van der Waals surface area contributed by atoms with Crippen LogP contribution in [-0.2, 0) is 13.9 Å². The van der Waals surface area contributed by atoms with Crippen LogP contribution in [0.1, 0.15) is 25.7 Å². The lowest BCUT2D eigenvalue weighted by atomic mass is 10.1. The molecule has 1 aliphatic carbocycles. The van der Waals surface area contributed by atoms with Crippen molar-refractivity contribution >= 4 is 14.0 Å². The van der Waals surface area contributed by atoms with Crippen LogP contribution in [0.2, 0.25) is 0 Å². The Morgan fingerprint density at radius 1 is 1.50 bits per heavy atom. The third-order valence-electron chi connectivity index (χ3n) is 2.13. The van der Waals surface area contributed by atoms with Crippen LogP contribution in [0.25, 0.3) is 0 Å². The van der Waals surface area contributed by atoms with Gasteiger partial charge in [-0.15, -0.1) is 0 Å². The largest absolute Gasteiger partial charge is 0.422 e. The molecule has 0 spiro atoms. The van der Waals surface area contributed by atoms with E-state index in [-0.39, 0.29) is 5.76 Å². The molecule has 0 saturated heterocycles. The van der Waals surface area contributed by atoms with E-state index in [1.807, 2.05) is 0 Å². The van der Waals surface area contributed by atoms with Crippen molar-refractivity contribution in [3.8, 4) is 0 Å². The van der Waals surface area contributed by atoms with Crippen LogP contribution in [0.5, 0.6) is 0 Å². The smallest absolute Gasteiger partial charge is 0.365 e. The van der Waals surface area contributed by atoms with Gasteiger partial charge < -0.3 is 9.42 Å². The third kappa shape index (κ3) is 2.82. The average molecular weight is 216 g/mol. The number of allylic oxidation sites excluding steroid dienone is 2. The number of ketones is 1. The highest BCUT2D eigenvalue weighted by Crippen LogP contribution is 2.32. The molecule has 1 saturated carbocycles. The second-order valence-electron chi connectivity index (χ2n) is 3.08. The number of hydrogen-bond acceptors (Lipinski definition) is 3. The first kappa shape index (κ1) is 11.2. The number of hydrogen-bond donors (Lipinski definition) is 1. The average Bonchev–Trinajstić information content (AvgIpc) is 2.65. The minimum Gasteiger partial charge on any atom is -0.422 e. The first-order valence-corrected chi connectivity index (χ1v) is 5.71. The molecule has 1 unspecified atom stereocenters. The molecule has 14 heavy (non-hydrogen) atoms. The fraction of sp³-hybridized carbons (Fsp3) is 0.444. The SMILES string of the molecule is C=CC(=O)C(O[PH](=O)O)=C1CCCC1. The van der Waals surface area contributed by atoms with Crippen molar-refractivity contribution in [3.63, 3.8) is 0 Å². The Morgan fingerprint density at radius 3 is 2.50 bits per heavy atom. The molecule has 0 aromatic rings. The molecular formula is C9H13O4P. The summed E-state index contributed by atoms with van der Waals surface area (Å²) in [5, 5.41) is 0. The van der Waals surface area contributed by atoms with Gasteiger partial charge in [-0.1, -0.05) is 6.58 Å². The Kier molecular flexibility index (Phi) is 4.11. The van der Waals surface area contributed by atoms with Crippen LogP contribution in [0.3, 0.4) is 0 Å². The molecule has 5 heteroatoms. The molecule has 0 aliphatic heterocycles. The van der Waals surface area contributed by atoms with Gasteiger partial charge in [0.25, 0.3) is 0 Å². The molecule has 0 amide bonds. The quantitative estimate of drug-likeness (QED) is 0.443. The second kappa shape index (κ2) is 5.13. The lowest BCUT2D eigenvalue weighted by Gasteiger charge is -2.07. The first-order valence-electron chi connectivity index (χ1n) is 4.44. The van der Waals surface area contributed by atoms with Gasteiger partial charge in [-0.3, -0.25) is 4.79 Å². The number of rotatable bonds is 4. The molecule has 1 fully saturated rings. The maximum atomic E-state index is 11.3. The summed E-state index contributed by atoms with van der Waals surface area (Å²) in [6.07, 6.45) is 4.64. The topological polar surface area (TPSA) is 63.6 Å². The van der Waals surface area contributed by atoms with E-state index in [4.69, 9.17) is 4.89 Å². The Hall–Kier alpha value is -0.860. The highest BCUT2D eigenvalue weighted by atomic mass is 31.1. The van der Waals surface area contributed by atoms with E-state index < -0.39 is 14.0 Å². The fourth-order valence-electron chi connectivity index (χ4n) is 1.51. The zero-order valence-corrected chi connectivity index (χ0v) is 8.78. The van der Waals surface area contributed by atoms with Gasteiger partial charge in [0.1, 0.15) is 0 Å². The summed E-state index contributed by atoms with van der Waals surface area (Å²) in [5.41, 5.74) is 0.835. The van der Waals surface area contributed by atoms with Gasteiger partial charge in [0.15, 0.2) is 5.76 Å². The van der Waals surface area contributed by atoms with Crippen molar-refractivity contribution in [2.24, 2.45) is 0 Å². The molecule has 0 aromatic heterocycles. The maximum absolute atomic E-state index is 11.3. The molecule has 1 aliphatic rings.